The molecule has 2 aromatic carbocycles. The maximum Gasteiger partial charge on any atom is 0.239 e. The van der Waals surface area contributed by atoms with E-state index in [4.69, 9.17) is 10.1 Å². The Hall–Kier alpha value is -4.47. The number of hydrogen-bond donors (Lipinski definition) is 2. The number of primary sulfonamides is 1. The Labute approximate surface area is 215 Å². The second-order valence-corrected chi connectivity index (χ2v) is 9.80. The van der Waals surface area contributed by atoms with Crippen LogP contribution in [0, 0.1) is 6.92 Å². The van der Waals surface area contributed by atoms with Crippen molar-refractivity contribution in [3.05, 3.63) is 96.8 Å². The Morgan fingerprint density at radius 2 is 1.46 bits per heavy atom. The number of hydrogen-bond acceptors (Lipinski definition) is 6. The first-order valence-electron chi connectivity index (χ1n) is 11.3. The van der Waals surface area contributed by atoms with Gasteiger partial charge < -0.3 is 5.73 Å². The number of amides is 1. The molecule has 0 radical (unpaired) electrons. The quantitative estimate of drug-likeness (QED) is 0.364. The SMILES string of the molecule is CC(N)=O.Cc1cccnc1-c1cc2cccnc2c(-c2cccc(-c3ccccc3)c2S(N)(=O)=O)n1. The average molecular weight is 512 g/mol. The van der Waals surface area contributed by atoms with Crippen LogP contribution in [0.2, 0.25) is 0 Å². The molecule has 0 aliphatic rings. The van der Waals surface area contributed by atoms with E-state index in [2.05, 4.69) is 15.7 Å². The van der Waals surface area contributed by atoms with Crippen LogP contribution in [0.15, 0.2) is 96.2 Å². The number of primary amides is 1. The van der Waals surface area contributed by atoms with Crippen LogP contribution in [0.25, 0.3) is 44.7 Å². The number of nitrogens with zero attached hydrogens (tertiary/aromatic N) is 3. The smallest absolute Gasteiger partial charge is 0.239 e. The number of fused-ring (bicyclic) bond motifs is 1. The van der Waals surface area contributed by atoms with Gasteiger partial charge in [-0.15, -0.1) is 0 Å². The van der Waals surface area contributed by atoms with Crippen molar-refractivity contribution in [1.29, 1.82) is 0 Å². The van der Waals surface area contributed by atoms with Crippen molar-refractivity contribution in [1.82, 2.24) is 15.0 Å². The topological polar surface area (TPSA) is 142 Å². The molecule has 5 rings (SSSR count). The minimum atomic E-state index is -4.10. The molecule has 0 aliphatic carbocycles. The molecule has 8 nitrogen and oxygen atoms in total. The van der Waals surface area contributed by atoms with Crippen molar-refractivity contribution in [2.75, 3.05) is 0 Å². The van der Waals surface area contributed by atoms with E-state index in [9.17, 15) is 13.2 Å². The molecule has 0 bridgehead atoms. The van der Waals surface area contributed by atoms with Crippen molar-refractivity contribution < 1.29 is 13.2 Å². The molecule has 0 atom stereocenters. The van der Waals surface area contributed by atoms with Gasteiger partial charge in [-0.25, -0.2) is 18.5 Å². The molecular weight excluding hydrogens is 486 g/mol. The van der Waals surface area contributed by atoms with E-state index in [1.54, 1.807) is 24.5 Å². The van der Waals surface area contributed by atoms with E-state index >= 15 is 0 Å². The summed E-state index contributed by atoms with van der Waals surface area (Å²) in [6.07, 6.45) is 3.37. The Balaban J connectivity index is 0.000000747. The van der Waals surface area contributed by atoms with E-state index in [0.29, 0.717) is 28.0 Å². The van der Waals surface area contributed by atoms with Gasteiger partial charge in [-0.2, -0.15) is 0 Å². The molecule has 3 aromatic heterocycles. The Morgan fingerprint density at radius 3 is 2.14 bits per heavy atom. The van der Waals surface area contributed by atoms with Crippen molar-refractivity contribution >= 4 is 26.8 Å². The maximum atomic E-state index is 12.9. The summed E-state index contributed by atoms with van der Waals surface area (Å²) in [6.45, 7) is 3.27. The van der Waals surface area contributed by atoms with Crippen LogP contribution >= 0.6 is 0 Å². The standard InChI is InChI=1S/C26H20N4O2S.C2H5NO/c1-17-8-6-14-28-23(17)22-16-19-11-7-15-29-24(19)25(30-22)21-13-5-12-20(26(21)33(27,31)32)18-9-3-2-4-10-18;1-2(3)4/h2-16H,1H3,(H2,27,31,32);1H3,(H2,3,4). The normalized spacial score (nSPS) is 11.0. The first-order valence-corrected chi connectivity index (χ1v) is 12.9. The molecule has 9 heteroatoms. The Kier molecular flexibility index (Phi) is 7.37. The molecule has 1 amide bonds. The summed E-state index contributed by atoms with van der Waals surface area (Å²) in [6, 6.07) is 24.1. The lowest BCUT2D eigenvalue weighted by Gasteiger charge is -2.15. The van der Waals surface area contributed by atoms with Gasteiger partial charge in [0.1, 0.15) is 0 Å². The van der Waals surface area contributed by atoms with Crippen LogP contribution in [-0.4, -0.2) is 29.3 Å². The summed E-state index contributed by atoms with van der Waals surface area (Å²) in [5, 5.41) is 6.59. The van der Waals surface area contributed by atoms with E-state index in [1.807, 2.05) is 73.7 Å². The van der Waals surface area contributed by atoms with Gasteiger partial charge in [0.25, 0.3) is 0 Å². The first kappa shape index (κ1) is 25.6. The van der Waals surface area contributed by atoms with Gasteiger partial charge in [0.05, 0.1) is 27.5 Å². The van der Waals surface area contributed by atoms with Crippen LogP contribution < -0.4 is 10.9 Å². The zero-order valence-corrected chi connectivity index (χ0v) is 21.1. The largest absolute Gasteiger partial charge is 0.370 e. The fourth-order valence-electron chi connectivity index (χ4n) is 4.02. The van der Waals surface area contributed by atoms with E-state index in [0.717, 1.165) is 22.2 Å². The van der Waals surface area contributed by atoms with Gasteiger partial charge in [0, 0.05) is 35.8 Å². The zero-order chi connectivity index (χ0) is 26.6. The second-order valence-electron chi connectivity index (χ2n) is 8.30. The van der Waals surface area contributed by atoms with E-state index < -0.39 is 10.0 Å². The lowest BCUT2D eigenvalue weighted by molar-refractivity contribution is -0.115. The van der Waals surface area contributed by atoms with Gasteiger partial charge in [-0.3, -0.25) is 14.8 Å². The molecule has 0 aliphatic heterocycles. The van der Waals surface area contributed by atoms with Gasteiger partial charge in [0.15, 0.2) is 0 Å². The third-order valence-corrected chi connectivity index (χ3v) is 6.49. The van der Waals surface area contributed by atoms with Gasteiger partial charge in [-0.1, -0.05) is 60.7 Å². The lowest BCUT2D eigenvalue weighted by Crippen LogP contribution is -2.15. The number of pyridine rings is 3. The van der Waals surface area contributed by atoms with Crippen LogP contribution in [0.5, 0.6) is 0 Å². The molecule has 0 saturated heterocycles. The van der Waals surface area contributed by atoms with E-state index in [-0.39, 0.29) is 10.8 Å². The molecule has 37 heavy (non-hydrogen) atoms. The molecule has 0 unspecified atom stereocenters. The van der Waals surface area contributed by atoms with Crippen LogP contribution in [0.4, 0.5) is 0 Å². The third-order valence-electron chi connectivity index (χ3n) is 5.48. The van der Waals surface area contributed by atoms with Crippen molar-refractivity contribution in [3.8, 4) is 33.8 Å². The highest BCUT2D eigenvalue weighted by Gasteiger charge is 2.24. The molecule has 3 heterocycles. The van der Waals surface area contributed by atoms with E-state index in [1.165, 1.54) is 6.92 Å². The molecular formula is C28H25N5O3S. The maximum absolute atomic E-state index is 12.9. The number of rotatable bonds is 4. The predicted molar refractivity (Wildman–Crippen MR) is 145 cm³/mol. The van der Waals surface area contributed by atoms with Crippen LogP contribution in [0.1, 0.15) is 12.5 Å². The summed E-state index contributed by atoms with van der Waals surface area (Å²) >= 11 is 0. The van der Waals surface area contributed by atoms with Crippen molar-refractivity contribution in [2.24, 2.45) is 10.9 Å². The fraction of sp³-hybridized carbons (Fsp3) is 0.0714. The highest BCUT2D eigenvalue weighted by molar-refractivity contribution is 7.89. The number of aryl methyl sites for hydroxylation is 1. The monoisotopic (exact) mass is 511 g/mol. The van der Waals surface area contributed by atoms with Gasteiger partial charge in [0.2, 0.25) is 15.9 Å². The molecule has 0 fully saturated rings. The van der Waals surface area contributed by atoms with Crippen LogP contribution in [-0.2, 0) is 14.8 Å². The number of nitrogens with two attached hydrogens (primary N) is 2. The minimum Gasteiger partial charge on any atom is -0.370 e. The molecule has 0 saturated carbocycles. The number of sulfonamides is 1. The first-order chi connectivity index (χ1) is 17.7. The number of aromatic nitrogens is 3. The summed E-state index contributed by atoms with van der Waals surface area (Å²) < 4.78 is 25.8. The van der Waals surface area contributed by atoms with Crippen LogP contribution in [0.3, 0.4) is 0 Å². The molecule has 5 aromatic rings. The average Bonchev–Trinajstić information content (AvgIpc) is 2.87. The summed E-state index contributed by atoms with van der Waals surface area (Å²) in [4.78, 5) is 23.1. The van der Waals surface area contributed by atoms with Gasteiger partial charge >= 0.3 is 0 Å². The second kappa shape index (κ2) is 10.7. The van der Waals surface area contributed by atoms with Crippen molar-refractivity contribution in [3.63, 3.8) is 0 Å². The lowest BCUT2D eigenvalue weighted by atomic mass is 9.99. The molecule has 186 valence electrons. The fourth-order valence-corrected chi connectivity index (χ4v) is 4.99. The highest BCUT2D eigenvalue weighted by atomic mass is 32.2. The number of carbonyl (C=O) groups is 1. The highest BCUT2D eigenvalue weighted by Crippen LogP contribution is 2.38. The van der Waals surface area contributed by atoms with Crippen molar-refractivity contribution in [2.45, 2.75) is 18.7 Å². The number of carbonyl (C=O) groups excluding carboxylic acids is 1. The minimum absolute atomic E-state index is 0.0190. The summed E-state index contributed by atoms with van der Waals surface area (Å²) in [5.41, 5.74) is 9.48. The number of benzene rings is 2. The third kappa shape index (κ3) is 5.69. The Morgan fingerprint density at radius 1 is 0.811 bits per heavy atom. The summed E-state index contributed by atoms with van der Waals surface area (Å²) in [7, 11) is -4.10. The summed E-state index contributed by atoms with van der Waals surface area (Å²) in [5.74, 6) is -0.333. The zero-order valence-electron chi connectivity index (χ0n) is 20.3. The molecule has 4 N–H and O–H groups in total. The Bertz CT molecular complexity index is 1700. The molecule has 0 spiro atoms. The van der Waals surface area contributed by atoms with Gasteiger partial charge in [-0.05, 0) is 36.2 Å². The predicted octanol–water partition coefficient (Wildman–Crippen LogP) is 4.47.